The van der Waals surface area contributed by atoms with Gasteiger partial charge in [0.05, 0.1) is 35.5 Å². The highest BCUT2D eigenvalue weighted by atomic mass is 35.5. The minimum absolute atomic E-state index is 0.547. The third kappa shape index (κ3) is 3.51. The Morgan fingerprint density at radius 2 is 1.82 bits per heavy atom. The lowest BCUT2D eigenvalue weighted by Crippen LogP contribution is -2.45. The van der Waals surface area contributed by atoms with Gasteiger partial charge in [0.15, 0.2) is 0 Å². The molecule has 0 unspecified atom stereocenters. The monoisotopic (exact) mass is 335 g/mol. The van der Waals surface area contributed by atoms with Gasteiger partial charge in [0.2, 0.25) is 0 Å². The van der Waals surface area contributed by atoms with Crippen LogP contribution in [0.2, 0.25) is 10.0 Å². The Hall–Kier alpha value is -1.78. The van der Waals surface area contributed by atoms with E-state index in [1.807, 2.05) is 30.5 Å². The lowest BCUT2D eigenvalue weighted by molar-refractivity contribution is -0.364. The number of aromatic amines is 1. The van der Waals surface area contributed by atoms with E-state index in [2.05, 4.69) is 26.1 Å². The third-order valence-electron chi connectivity index (χ3n) is 3.63. The maximum absolute atomic E-state index is 6.16. The van der Waals surface area contributed by atoms with Gasteiger partial charge in [0, 0.05) is 11.6 Å². The molecule has 0 aliphatic carbocycles. The van der Waals surface area contributed by atoms with Gasteiger partial charge in [-0.25, -0.2) is 4.98 Å². The number of rotatable bonds is 3. The second kappa shape index (κ2) is 6.99. The summed E-state index contributed by atoms with van der Waals surface area (Å²) in [6.07, 6.45) is 3.72. The number of H-pyrrole nitrogens is 1. The van der Waals surface area contributed by atoms with Gasteiger partial charge in [-0.05, 0) is 12.1 Å². The lowest BCUT2D eigenvalue weighted by Gasteiger charge is -2.28. The van der Waals surface area contributed by atoms with E-state index in [0.717, 1.165) is 37.6 Å². The SMILES string of the molecule is Clc1cccc(/C=N/N2CCN(c3cccc[nH+]3)CC2)c1Cl. The lowest BCUT2D eigenvalue weighted by atomic mass is 10.2. The predicted octanol–water partition coefficient (Wildman–Crippen LogP) is 2.96. The number of pyridine rings is 1. The van der Waals surface area contributed by atoms with E-state index in [4.69, 9.17) is 23.2 Å². The van der Waals surface area contributed by atoms with Crippen LogP contribution in [-0.4, -0.2) is 37.4 Å². The Balaban J connectivity index is 1.60. The number of halogens is 2. The van der Waals surface area contributed by atoms with Crippen LogP contribution in [0, 0.1) is 0 Å². The summed E-state index contributed by atoms with van der Waals surface area (Å²) in [5.74, 6) is 1.14. The summed E-state index contributed by atoms with van der Waals surface area (Å²) in [7, 11) is 0. The molecule has 1 aromatic heterocycles. The number of piperazine rings is 1. The topological polar surface area (TPSA) is 33.0 Å². The largest absolute Gasteiger partial charge is 0.289 e. The van der Waals surface area contributed by atoms with Crippen molar-refractivity contribution in [2.45, 2.75) is 0 Å². The number of nitrogens with zero attached hydrogens (tertiary/aromatic N) is 3. The van der Waals surface area contributed by atoms with Gasteiger partial charge in [-0.15, -0.1) is 0 Å². The molecular formula is C16H17Cl2N4+. The van der Waals surface area contributed by atoms with Crippen molar-refractivity contribution in [3.63, 3.8) is 0 Å². The molecule has 1 aliphatic rings. The smallest absolute Gasteiger partial charge is 0.274 e. The molecule has 0 saturated carbocycles. The Bertz CT molecular complexity index is 652. The Labute approximate surface area is 140 Å². The molecule has 1 fully saturated rings. The van der Waals surface area contributed by atoms with E-state index < -0.39 is 0 Å². The highest BCUT2D eigenvalue weighted by Gasteiger charge is 2.21. The third-order valence-corrected chi connectivity index (χ3v) is 4.46. The van der Waals surface area contributed by atoms with Crippen LogP contribution in [0.15, 0.2) is 47.7 Å². The van der Waals surface area contributed by atoms with Crippen molar-refractivity contribution in [1.82, 2.24) is 5.01 Å². The van der Waals surface area contributed by atoms with Crippen LogP contribution in [0.3, 0.4) is 0 Å². The summed E-state index contributed by atoms with van der Waals surface area (Å²) < 4.78 is 0. The van der Waals surface area contributed by atoms with E-state index >= 15 is 0 Å². The molecule has 1 aliphatic heterocycles. The summed E-state index contributed by atoms with van der Waals surface area (Å²) in [5.41, 5.74) is 0.841. The summed E-state index contributed by atoms with van der Waals surface area (Å²) in [5, 5.41) is 7.66. The van der Waals surface area contributed by atoms with E-state index in [9.17, 15) is 0 Å². The highest BCUT2D eigenvalue weighted by Crippen LogP contribution is 2.24. The maximum Gasteiger partial charge on any atom is 0.274 e. The number of nitrogens with one attached hydrogen (secondary N) is 1. The molecule has 1 aromatic carbocycles. The maximum atomic E-state index is 6.16. The first-order chi connectivity index (χ1) is 10.7. The van der Waals surface area contributed by atoms with Crippen LogP contribution in [0.25, 0.3) is 0 Å². The minimum atomic E-state index is 0.547. The van der Waals surface area contributed by atoms with Gasteiger partial charge in [0.1, 0.15) is 13.1 Å². The molecule has 3 rings (SSSR count). The highest BCUT2D eigenvalue weighted by molar-refractivity contribution is 6.43. The molecule has 6 heteroatoms. The number of hydrogen-bond donors (Lipinski definition) is 0. The van der Waals surface area contributed by atoms with Gasteiger partial charge >= 0.3 is 0 Å². The van der Waals surface area contributed by atoms with Gasteiger partial charge in [-0.2, -0.15) is 5.10 Å². The molecule has 0 atom stereocenters. The van der Waals surface area contributed by atoms with Crippen LogP contribution < -0.4 is 9.88 Å². The van der Waals surface area contributed by atoms with Crippen molar-refractivity contribution in [2.24, 2.45) is 5.10 Å². The number of hydrazone groups is 1. The average Bonchev–Trinajstić information content (AvgIpc) is 2.57. The molecule has 2 heterocycles. The van der Waals surface area contributed by atoms with Gasteiger partial charge < -0.3 is 0 Å². The number of anilines is 1. The second-order valence-corrected chi connectivity index (χ2v) is 5.86. The van der Waals surface area contributed by atoms with E-state index in [-0.39, 0.29) is 0 Å². The Kier molecular flexibility index (Phi) is 4.80. The quantitative estimate of drug-likeness (QED) is 0.808. The van der Waals surface area contributed by atoms with E-state index in [1.165, 1.54) is 0 Å². The molecule has 4 nitrogen and oxygen atoms in total. The van der Waals surface area contributed by atoms with Crippen molar-refractivity contribution in [2.75, 3.05) is 31.1 Å². The van der Waals surface area contributed by atoms with Gasteiger partial charge in [-0.3, -0.25) is 9.91 Å². The van der Waals surface area contributed by atoms with Crippen LogP contribution >= 0.6 is 23.2 Å². The van der Waals surface area contributed by atoms with Gasteiger partial charge in [0.25, 0.3) is 5.82 Å². The fourth-order valence-corrected chi connectivity index (χ4v) is 2.75. The molecule has 0 bridgehead atoms. The predicted molar refractivity (Wildman–Crippen MR) is 90.8 cm³/mol. The number of benzene rings is 1. The first kappa shape index (κ1) is 15.1. The second-order valence-electron chi connectivity index (χ2n) is 5.08. The number of hydrogen-bond acceptors (Lipinski definition) is 3. The Morgan fingerprint density at radius 1 is 1.00 bits per heavy atom. The standard InChI is InChI=1S/C16H16Cl2N4/c17-14-5-3-4-13(16(14)18)12-20-22-10-8-21(9-11-22)15-6-1-2-7-19-15/h1-7,12H,8-11H2/p+1/b20-12+. The minimum Gasteiger partial charge on any atom is -0.289 e. The summed E-state index contributed by atoms with van der Waals surface area (Å²) in [6.45, 7) is 3.61. The molecule has 22 heavy (non-hydrogen) atoms. The van der Waals surface area contributed by atoms with Crippen LogP contribution in [0.4, 0.5) is 5.82 Å². The fraction of sp³-hybridized carbons (Fsp3) is 0.250. The number of aromatic nitrogens is 1. The van der Waals surface area contributed by atoms with Crippen LogP contribution in [-0.2, 0) is 0 Å². The van der Waals surface area contributed by atoms with Crippen molar-refractivity contribution in [3.05, 3.63) is 58.2 Å². The molecule has 0 radical (unpaired) electrons. The van der Waals surface area contributed by atoms with Crippen molar-refractivity contribution < 1.29 is 4.98 Å². The molecule has 114 valence electrons. The molecule has 0 spiro atoms. The summed E-state index contributed by atoms with van der Waals surface area (Å²) in [4.78, 5) is 5.58. The zero-order valence-electron chi connectivity index (χ0n) is 12.0. The zero-order chi connectivity index (χ0) is 15.4. The van der Waals surface area contributed by atoms with E-state index in [0.29, 0.717) is 10.0 Å². The molecular weight excluding hydrogens is 319 g/mol. The van der Waals surface area contributed by atoms with Crippen molar-refractivity contribution in [3.8, 4) is 0 Å². The van der Waals surface area contributed by atoms with Crippen molar-refractivity contribution >= 4 is 35.2 Å². The summed E-state index contributed by atoms with van der Waals surface area (Å²) >= 11 is 12.2. The first-order valence-corrected chi connectivity index (χ1v) is 7.94. The molecule has 2 aromatic rings. The van der Waals surface area contributed by atoms with E-state index in [1.54, 1.807) is 12.3 Å². The fourth-order valence-electron chi connectivity index (χ4n) is 2.40. The average molecular weight is 336 g/mol. The normalized spacial score (nSPS) is 15.5. The first-order valence-electron chi connectivity index (χ1n) is 7.18. The Morgan fingerprint density at radius 3 is 2.55 bits per heavy atom. The van der Waals surface area contributed by atoms with Crippen LogP contribution in [0.1, 0.15) is 5.56 Å². The molecule has 1 saturated heterocycles. The summed E-state index contributed by atoms with van der Waals surface area (Å²) in [6, 6.07) is 11.7. The zero-order valence-corrected chi connectivity index (χ0v) is 13.6. The molecule has 1 N–H and O–H groups in total. The van der Waals surface area contributed by atoms with Crippen LogP contribution in [0.5, 0.6) is 0 Å². The van der Waals surface area contributed by atoms with Gasteiger partial charge in [-0.1, -0.05) is 41.4 Å². The van der Waals surface area contributed by atoms with Crippen molar-refractivity contribution in [1.29, 1.82) is 0 Å². The molecule has 0 amide bonds.